The van der Waals surface area contributed by atoms with E-state index in [-0.39, 0.29) is 0 Å². The van der Waals surface area contributed by atoms with Crippen molar-refractivity contribution in [3.05, 3.63) is 0 Å². The lowest BCUT2D eigenvalue weighted by molar-refractivity contribution is 0.111. The fourth-order valence-corrected chi connectivity index (χ4v) is 4.32. The molecule has 1 unspecified atom stereocenters. The SMILES string of the molecule is CNCC1(CN(C)CC2CCN(C)C2)CCCCC1. The number of likely N-dealkylation sites (tertiary alicyclic amines) is 1. The fourth-order valence-electron chi connectivity index (χ4n) is 4.32. The first-order chi connectivity index (χ1) is 9.13. The van der Waals surface area contributed by atoms with Crippen LogP contribution in [0.2, 0.25) is 0 Å². The smallest absolute Gasteiger partial charge is 0.00472 e. The molecule has 19 heavy (non-hydrogen) atoms. The Kier molecular flexibility index (Phi) is 5.67. The maximum absolute atomic E-state index is 3.45. The van der Waals surface area contributed by atoms with Crippen molar-refractivity contribution in [1.29, 1.82) is 0 Å². The first kappa shape index (κ1) is 15.3. The highest BCUT2D eigenvalue weighted by Gasteiger charge is 2.33. The van der Waals surface area contributed by atoms with Crippen LogP contribution in [0.25, 0.3) is 0 Å². The Hall–Kier alpha value is -0.120. The van der Waals surface area contributed by atoms with Gasteiger partial charge in [-0.15, -0.1) is 0 Å². The molecule has 2 fully saturated rings. The van der Waals surface area contributed by atoms with Crippen LogP contribution < -0.4 is 5.32 Å². The number of nitrogens with one attached hydrogen (secondary N) is 1. The van der Waals surface area contributed by atoms with Gasteiger partial charge in [0.15, 0.2) is 0 Å². The van der Waals surface area contributed by atoms with E-state index in [0.717, 1.165) is 5.92 Å². The molecule has 0 amide bonds. The molecule has 1 aliphatic heterocycles. The summed E-state index contributed by atoms with van der Waals surface area (Å²) >= 11 is 0. The van der Waals surface area contributed by atoms with Crippen LogP contribution in [-0.2, 0) is 0 Å². The lowest BCUT2D eigenvalue weighted by Crippen LogP contribution is -2.44. The Morgan fingerprint density at radius 2 is 2.00 bits per heavy atom. The van der Waals surface area contributed by atoms with Crippen LogP contribution in [0.4, 0.5) is 0 Å². The third-order valence-electron chi connectivity index (χ3n) is 5.13. The Morgan fingerprint density at radius 1 is 1.26 bits per heavy atom. The van der Waals surface area contributed by atoms with Crippen LogP contribution in [0.1, 0.15) is 38.5 Å². The van der Waals surface area contributed by atoms with Crippen LogP contribution in [0.5, 0.6) is 0 Å². The molecule has 3 nitrogen and oxygen atoms in total. The van der Waals surface area contributed by atoms with Gasteiger partial charge in [0.2, 0.25) is 0 Å². The maximum Gasteiger partial charge on any atom is 0.00472 e. The minimum absolute atomic E-state index is 0.548. The third-order valence-corrected chi connectivity index (χ3v) is 5.13. The van der Waals surface area contributed by atoms with Crippen molar-refractivity contribution >= 4 is 0 Å². The van der Waals surface area contributed by atoms with Crippen LogP contribution in [-0.4, -0.2) is 63.7 Å². The first-order valence-corrected chi connectivity index (χ1v) is 8.15. The lowest BCUT2D eigenvalue weighted by atomic mass is 9.73. The van der Waals surface area contributed by atoms with E-state index in [1.807, 2.05) is 0 Å². The van der Waals surface area contributed by atoms with E-state index in [4.69, 9.17) is 0 Å². The summed E-state index contributed by atoms with van der Waals surface area (Å²) in [4.78, 5) is 5.09. The molecule has 0 aromatic rings. The first-order valence-electron chi connectivity index (χ1n) is 8.15. The number of hydrogen-bond acceptors (Lipinski definition) is 3. The van der Waals surface area contributed by atoms with Gasteiger partial charge in [-0.1, -0.05) is 19.3 Å². The Labute approximate surface area is 119 Å². The van der Waals surface area contributed by atoms with E-state index in [9.17, 15) is 0 Å². The summed E-state index contributed by atoms with van der Waals surface area (Å²) in [7, 11) is 6.70. The van der Waals surface area contributed by atoms with Crippen LogP contribution in [0.3, 0.4) is 0 Å². The normalized spacial score (nSPS) is 28.1. The molecule has 1 saturated heterocycles. The molecule has 0 spiro atoms. The van der Waals surface area contributed by atoms with Crippen molar-refractivity contribution in [2.45, 2.75) is 38.5 Å². The lowest BCUT2D eigenvalue weighted by Gasteiger charge is -2.40. The number of hydrogen-bond donors (Lipinski definition) is 1. The molecule has 0 aromatic carbocycles. The quantitative estimate of drug-likeness (QED) is 0.794. The molecular weight excluding hydrogens is 234 g/mol. The average molecular weight is 267 g/mol. The molecule has 1 aliphatic carbocycles. The van der Waals surface area contributed by atoms with E-state index in [2.05, 4.69) is 36.3 Å². The van der Waals surface area contributed by atoms with Crippen LogP contribution >= 0.6 is 0 Å². The highest BCUT2D eigenvalue weighted by Crippen LogP contribution is 2.36. The van der Waals surface area contributed by atoms with Gasteiger partial charge >= 0.3 is 0 Å². The van der Waals surface area contributed by atoms with Crippen molar-refractivity contribution in [1.82, 2.24) is 15.1 Å². The second-order valence-electron chi connectivity index (χ2n) is 7.20. The van der Waals surface area contributed by atoms with Gasteiger partial charge in [0.05, 0.1) is 0 Å². The molecule has 3 heteroatoms. The molecule has 1 N–H and O–H groups in total. The Morgan fingerprint density at radius 3 is 2.58 bits per heavy atom. The molecular formula is C16H33N3. The van der Waals surface area contributed by atoms with Gasteiger partial charge in [0.25, 0.3) is 0 Å². The zero-order valence-corrected chi connectivity index (χ0v) is 13.2. The summed E-state index contributed by atoms with van der Waals surface area (Å²) in [6.07, 6.45) is 8.54. The van der Waals surface area contributed by atoms with Crippen LogP contribution in [0, 0.1) is 11.3 Å². The standard InChI is InChI=1S/C16H33N3/c1-17-13-16(8-5-4-6-9-16)14-19(3)12-15-7-10-18(2)11-15/h15,17H,4-14H2,1-3H3. The van der Waals surface area contributed by atoms with Gasteiger partial charge in [0, 0.05) is 26.2 Å². The summed E-state index contributed by atoms with van der Waals surface area (Å²) < 4.78 is 0. The summed E-state index contributed by atoms with van der Waals surface area (Å²) in [6.45, 7) is 6.36. The molecule has 1 heterocycles. The second kappa shape index (κ2) is 7.05. The predicted octanol–water partition coefficient (Wildman–Crippen LogP) is 2.04. The Bertz CT molecular complexity index is 255. The second-order valence-corrected chi connectivity index (χ2v) is 7.20. The van der Waals surface area contributed by atoms with E-state index >= 15 is 0 Å². The van der Waals surface area contributed by atoms with Crippen molar-refractivity contribution in [2.75, 3.05) is 53.9 Å². The molecule has 0 aromatic heterocycles. The van der Waals surface area contributed by atoms with Gasteiger partial charge in [-0.25, -0.2) is 0 Å². The molecule has 112 valence electrons. The summed E-state index contributed by atoms with van der Waals surface area (Å²) in [5, 5.41) is 3.45. The summed E-state index contributed by atoms with van der Waals surface area (Å²) in [6, 6.07) is 0. The molecule has 0 bridgehead atoms. The van der Waals surface area contributed by atoms with Crippen molar-refractivity contribution in [2.24, 2.45) is 11.3 Å². The van der Waals surface area contributed by atoms with Gasteiger partial charge < -0.3 is 15.1 Å². The minimum Gasteiger partial charge on any atom is -0.319 e. The van der Waals surface area contributed by atoms with Crippen molar-refractivity contribution in [3.8, 4) is 0 Å². The van der Waals surface area contributed by atoms with Gasteiger partial charge in [0.1, 0.15) is 0 Å². The van der Waals surface area contributed by atoms with Gasteiger partial charge in [-0.05, 0) is 58.3 Å². The topological polar surface area (TPSA) is 18.5 Å². The van der Waals surface area contributed by atoms with E-state index in [0.29, 0.717) is 5.41 Å². The molecule has 1 saturated carbocycles. The Balaban J connectivity index is 1.82. The van der Waals surface area contributed by atoms with E-state index < -0.39 is 0 Å². The molecule has 2 aliphatic rings. The fraction of sp³-hybridized carbons (Fsp3) is 1.00. The molecule has 2 rings (SSSR count). The van der Waals surface area contributed by atoms with Gasteiger partial charge in [-0.3, -0.25) is 0 Å². The van der Waals surface area contributed by atoms with Crippen molar-refractivity contribution in [3.63, 3.8) is 0 Å². The average Bonchev–Trinajstić information content (AvgIpc) is 2.75. The van der Waals surface area contributed by atoms with Crippen molar-refractivity contribution < 1.29 is 0 Å². The number of rotatable bonds is 6. The zero-order valence-electron chi connectivity index (χ0n) is 13.2. The van der Waals surface area contributed by atoms with Gasteiger partial charge in [-0.2, -0.15) is 0 Å². The third kappa shape index (κ3) is 4.44. The highest BCUT2D eigenvalue weighted by molar-refractivity contribution is 4.88. The summed E-state index contributed by atoms with van der Waals surface area (Å²) in [5.41, 5.74) is 0.548. The molecule has 0 radical (unpaired) electrons. The zero-order chi connectivity index (χ0) is 13.7. The van der Waals surface area contributed by atoms with Crippen LogP contribution in [0.15, 0.2) is 0 Å². The number of nitrogens with zero attached hydrogens (tertiary/aromatic N) is 2. The largest absolute Gasteiger partial charge is 0.319 e. The predicted molar refractivity (Wildman–Crippen MR) is 82.5 cm³/mol. The maximum atomic E-state index is 3.45. The highest BCUT2D eigenvalue weighted by atomic mass is 15.2. The summed E-state index contributed by atoms with van der Waals surface area (Å²) in [5.74, 6) is 0.894. The minimum atomic E-state index is 0.548. The van der Waals surface area contributed by atoms with E-state index in [1.54, 1.807) is 0 Å². The molecule has 1 atom stereocenters. The monoisotopic (exact) mass is 267 g/mol. The van der Waals surface area contributed by atoms with E-state index in [1.165, 1.54) is 71.2 Å².